The van der Waals surface area contributed by atoms with Gasteiger partial charge in [0.25, 0.3) is 0 Å². The highest BCUT2D eigenvalue weighted by molar-refractivity contribution is 5.99. The second-order valence-corrected chi connectivity index (χ2v) is 6.76. The number of nitrogens with zero attached hydrogens (tertiary/aromatic N) is 3. The maximum Gasteiger partial charge on any atom is 0.235 e. The minimum atomic E-state index is 0.168. The summed E-state index contributed by atoms with van der Waals surface area (Å²) in [6, 6.07) is 16.2. The lowest BCUT2D eigenvalue weighted by atomic mass is 9.81. The number of ketones is 1. The van der Waals surface area contributed by atoms with Crippen molar-refractivity contribution in [3.63, 3.8) is 0 Å². The number of benzene rings is 2. The van der Waals surface area contributed by atoms with E-state index in [1.807, 2.05) is 47.0 Å². The standard InChI is InChI=1S/C21H17N3O/c1-13-6-2-3-7-15(13)14-10-18-16(20(25)11-14)12-24-19-9-5-4-8-17(19)22-21(24)23-18/h2-9,12,14H,10-11H2,1H3/t14-/m0/s1. The predicted molar refractivity (Wildman–Crippen MR) is 97.1 cm³/mol. The molecule has 0 bridgehead atoms. The first-order chi connectivity index (χ1) is 12.2. The van der Waals surface area contributed by atoms with E-state index >= 15 is 0 Å². The largest absolute Gasteiger partial charge is 0.294 e. The molecule has 2 heterocycles. The normalized spacial score (nSPS) is 17.2. The third-order valence-corrected chi connectivity index (χ3v) is 5.18. The Kier molecular flexibility index (Phi) is 3.01. The Morgan fingerprint density at radius 3 is 2.68 bits per heavy atom. The molecule has 2 aromatic heterocycles. The van der Waals surface area contributed by atoms with Crippen molar-refractivity contribution in [1.82, 2.24) is 14.4 Å². The molecule has 0 unspecified atom stereocenters. The third-order valence-electron chi connectivity index (χ3n) is 5.18. The molecular formula is C21H17N3O. The number of hydrogen-bond donors (Lipinski definition) is 0. The van der Waals surface area contributed by atoms with Gasteiger partial charge < -0.3 is 0 Å². The van der Waals surface area contributed by atoms with E-state index in [0.29, 0.717) is 12.2 Å². The van der Waals surface area contributed by atoms with Gasteiger partial charge in [-0.1, -0.05) is 36.4 Å². The fraction of sp³-hybridized carbons (Fsp3) is 0.190. The molecule has 1 aliphatic rings. The number of fused-ring (bicyclic) bond motifs is 4. The van der Waals surface area contributed by atoms with E-state index in [4.69, 9.17) is 4.98 Å². The Morgan fingerprint density at radius 1 is 1.00 bits per heavy atom. The fourth-order valence-electron chi connectivity index (χ4n) is 3.92. The third kappa shape index (κ3) is 2.18. The van der Waals surface area contributed by atoms with E-state index in [1.54, 1.807) is 0 Å². The molecule has 0 spiro atoms. The predicted octanol–water partition coefficient (Wildman–Crippen LogP) is 4.10. The van der Waals surface area contributed by atoms with Crippen LogP contribution in [0.3, 0.4) is 0 Å². The van der Waals surface area contributed by atoms with Crippen LogP contribution in [0.4, 0.5) is 0 Å². The summed E-state index contributed by atoms with van der Waals surface area (Å²) in [5, 5.41) is 0. The maximum atomic E-state index is 12.8. The molecule has 5 rings (SSSR count). The van der Waals surface area contributed by atoms with E-state index < -0.39 is 0 Å². The van der Waals surface area contributed by atoms with Gasteiger partial charge in [0, 0.05) is 12.6 Å². The average molecular weight is 327 g/mol. The highest BCUT2D eigenvalue weighted by Gasteiger charge is 2.29. The van der Waals surface area contributed by atoms with E-state index in [-0.39, 0.29) is 11.7 Å². The minimum absolute atomic E-state index is 0.168. The smallest absolute Gasteiger partial charge is 0.235 e. The highest BCUT2D eigenvalue weighted by Crippen LogP contribution is 2.34. The number of carbonyl (C=O) groups excluding carboxylic acids is 1. The zero-order valence-electron chi connectivity index (χ0n) is 13.9. The molecule has 0 aliphatic heterocycles. The second-order valence-electron chi connectivity index (χ2n) is 6.76. The number of Topliss-reactive ketones (excluding diaryl/α,β-unsaturated/α-hetero) is 1. The van der Waals surface area contributed by atoms with Crippen LogP contribution in [-0.4, -0.2) is 20.2 Å². The van der Waals surface area contributed by atoms with Crippen molar-refractivity contribution in [3.05, 3.63) is 77.1 Å². The van der Waals surface area contributed by atoms with Crippen LogP contribution >= 0.6 is 0 Å². The van der Waals surface area contributed by atoms with Crippen molar-refractivity contribution in [2.45, 2.75) is 25.7 Å². The molecule has 1 atom stereocenters. The summed E-state index contributed by atoms with van der Waals surface area (Å²) in [5.41, 5.74) is 5.97. The van der Waals surface area contributed by atoms with Crippen LogP contribution in [0.25, 0.3) is 16.8 Å². The van der Waals surface area contributed by atoms with Gasteiger partial charge in [0.05, 0.1) is 22.3 Å². The van der Waals surface area contributed by atoms with E-state index in [9.17, 15) is 4.79 Å². The fourth-order valence-corrected chi connectivity index (χ4v) is 3.92. The first-order valence-corrected chi connectivity index (χ1v) is 8.56. The number of para-hydroxylation sites is 2. The molecule has 0 saturated heterocycles. The molecule has 122 valence electrons. The molecule has 1 aliphatic carbocycles. The topological polar surface area (TPSA) is 47.3 Å². The van der Waals surface area contributed by atoms with E-state index in [0.717, 1.165) is 28.7 Å². The number of rotatable bonds is 1. The highest BCUT2D eigenvalue weighted by atomic mass is 16.1. The summed E-state index contributed by atoms with van der Waals surface area (Å²) < 4.78 is 1.93. The molecule has 4 nitrogen and oxygen atoms in total. The molecular weight excluding hydrogens is 310 g/mol. The van der Waals surface area contributed by atoms with E-state index in [1.165, 1.54) is 11.1 Å². The second kappa shape index (κ2) is 5.24. The average Bonchev–Trinajstić information content (AvgIpc) is 2.98. The van der Waals surface area contributed by atoms with Crippen molar-refractivity contribution < 1.29 is 4.79 Å². The Morgan fingerprint density at radius 2 is 1.80 bits per heavy atom. The lowest BCUT2D eigenvalue weighted by molar-refractivity contribution is 0.0962. The molecule has 0 fully saturated rings. The number of carbonyl (C=O) groups is 1. The van der Waals surface area contributed by atoms with Gasteiger partial charge >= 0.3 is 0 Å². The minimum Gasteiger partial charge on any atom is -0.294 e. The number of hydrogen-bond acceptors (Lipinski definition) is 3. The number of aromatic nitrogens is 3. The molecule has 2 aromatic carbocycles. The van der Waals surface area contributed by atoms with Crippen molar-refractivity contribution in [2.75, 3.05) is 0 Å². The van der Waals surface area contributed by atoms with Crippen LogP contribution in [0.1, 0.15) is 39.5 Å². The first-order valence-electron chi connectivity index (χ1n) is 8.56. The summed E-state index contributed by atoms with van der Waals surface area (Å²) in [7, 11) is 0. The molecule has 0 saturated carbocycles. The Labute approximate surface area is 145 Å². The van der Waals surface area contributed by atoms with E-state index in [2.05, 4.69) is 24.0 Å². The van der Waals surface area contributed by atoms with Crippen LogP contribution < -0.4 is 0 Å². The van der Waals surface area contributed by atoms with Crippen LogP contribution in [0, 0.1) is 6.92 Å². The number of aryl methyl sites for hydroxylation is 1. The van der Waals surface area contributed by atoms with Gasteiger partial charge in [0.2, 0.25) is 5.78 Å². The van der Waals surface area contributed by atoms with Crippen LogP contribution in [0.2, 0.25) is 0 Å². The molecule has 0 N–H and O–H groups in total. The molecule has 0 radical (unpaired) electrons. The Balaban J connectivity index is 1.66. The van der Waals surface area contributed by atoms with Crippen LogP contribution in [0.15, 0.2) is 54.7 Å². The van der Waals surface area contributed by atoms with Crippen molar-refractivity contribution in [2.24, 2.45) is 0 Å². The molecule has 0 amide bonds. The SMILES string of the molecule is Cc1ccccc1[C@@H]1CC(=O)c2cn3c(nc2C1)nc1ccccc13. The lowest BCUT2D eigenvalue weighted by Gasteiger charge is -2.24. The summed E-state index contributed by atoms with van der Waals surface area (Å²) in [4.78, 5) is 22.2. The lowest BCUT2D eigenvalue weighted by Crippen LogP contribution is -2.21. The van der Waals surface area contributed by atoms with Gasteiger partial charge in [0.1, 0.15) is 0 Å². The molecule has 4 aromatic rings. The van der Waals surface area contributed by atoms with Crippen molar-refractivity contribution in [1.29, 1.82) is 0 Å². The summed E-state index contributed by atoms with van der Waals surface area (Å²) in [5.74, 6) is 1.03. The zero-order valence-corrected chi connectivity index (χ0v) is 13.9. The summed E-state index contributed by atoms with van der Waals surface area (Å²) in [6.07, 6.45) is 3.24. The first kappa shape index (κ1) is 14.3. The van der Waals surface area contributed by atoms with Crippen LogP contribution in [-0.2, 0) is 6.42 Å². The van der Waals surface area contributed by atoms with Crippen molar-refractivity contribution in [3.8, 4) is 0 Å². The van der Waals surface area contributed by atoms with Gasteiger partial charge in [-0.3, -0.25) is 9.20 Å². The van der Waals surface area contributed by atoms with Gasteiger partial charge in [-0.05, 0) is 42.5 Å². The van der Waals surface area contributed by atoms with Crippen molar-refractivity contribution >= 4 is 22.6 Å². The Bertz CT molecular complexity index is 1140. The van der Waals surface area contributed by atoms with Gasteiger partial charge in [0.15, 0.2) is 5.78 Å². The van der Waals surface area contributed by atoms with Crippen LogP contribution in [0.5, 0.6) is 0 Å². The number of imidazole rings is 1. The van der Waals surface area contributed by atoms with Gasteiger partial charge in [-0.15, -0.1) is 0 Å². The van der Waals surface area contributed by atoms with Gasteiger partial charge in [-0.25, -0.2) is 9.97 Å². The molecule has 4 heteroatoms. The summed E-state index contributed by atoms with van der Waals surface area (Å²) >= 11 is 0. The van der Waals surface area contributed by atoms with Gasteiger partial charge in [-0.2, -0.15) is 0 Å². The quantitative estimate of drug-likeness (QED) is 0.529. The molecule has 25 heavy (non-hydrogen) atoms. The monoisotopic (exact) mass is 327 g/mol. The zero-order chi connectivity index (χ0) is 17.0. The maximum absolute atomic E-state index is 12.8. The Hall–Kier alpha value is -3.01. The summed E-state index contributed by atoms with van der Waals surface area (Å²) in [6.45, 7) is 2.10.